The third kappa shape index (κ3) is 8.29. The van der Waals surface area contributed by atoms with Crippen LogP contribution < -0.4 is 21.7 Å². The van der Waals surface area contributed by atoms with Crippen molar-refractivity contribution in [3.05, 3.63) is 0 Å². The molecule has 1 unspecified atom stereocenters. The van der Waals surface area contributed by atoms with E-state index < -0.39 is 12.1 Å². The Morgan fingerprint density at radius 2 is 1.57 bits per heavy atom. The van der Waals surface area contributed by atoms with Crippen molar-refractivity contribution >= 4 is 17.7 Å². The lowest BCUT2D eigenvalue weighted by Gasteiger charge is -2.22. The van der Waals surface area contributed by atoms with Crippen LogP contribution in [-0.2, 0) is 14.4 Å². The van der Waals surface area contributed by atoms with Crippen molar-refractivity contribution in [3.8, 4) is 0 Å². The lowest BCUT2D eigenvalue weighted by molar-refractivity contribution is -0.130. The number of rotatable bonds is 9. The summed E-state index contributed by atoms with van der Waals surface area (Å²) in [6, 6.07) is -1.25. The van der Waals surface area contributed by atoms with Gasteiger partial charge in [-0.1, -0.05) is 20.8 Å². The van der Waals surface area contributed by atoms with Crippen LogP contribution in [-0.4, -0.2) is 42.9 Å². The van der Waals surface area contributed by atoms with Gasteiger partial charge in [0.25, 0.3) is 0 Å². The number of amides is 3. The first-order valence-electron chi connectivity index (χ1n) is 7.39. The lowest BCUT2D eigenvalue weighted by atomic mass is 10.0. The first kappa shape index (κ1) is 19.4. The molecule has 0 aliphatic rings. The molecule has 0 rings (SSSR count). The SMILES string of the molecule is CCC(=O)NCCCNC(=O)[C@H](NC(=O)C(C)N)C(C)C. The van der Waals surface area contributed by atoms with E-state index in [-0.39, 0.29) is 23.6 Å². The van der Waals surface area contributed by atoms with Gasteiger partial charge in [0, 0.05) is 19.5 Å². The molecule has 0 aliphatic carbocycles. The van der Waals surface area contributed by atoms with Gasteiger partial charge in [-0.05, 0) is 19.3 Å². The number of hydrogen-bond acceptors (Lipinski definition) is 4. The van der Waals surface area contributed by atoms with E-state index in [0.717, 1.165) is 0 Å². The molecule has 0 saturated carbocycles. The Balaban J connectivity index is 4.13. The van der Waals surface area contributed by atoms with Crippen LogP contribution in [0.1, 0.15) is 40.5 Å². The van der Waals surface area contributed by atoms with E-state index in [1.165, 1.54) is 0 Å². The Bertz CT molecular complexity index is 356. The standard InChI is InChI=1S/C14H28N4O3/c1-5-11(19)16-7-6-8-17-14(21)12(9(2)3)18-13(20)10(4)15/h9-10,12H,5-8,15H2,1-4H3,(H,16,19)(H,17,21)(H,18,20)/t10?,12-/m1/s1. The topological polar surface area (TPSA) is 113 Å². The van der Waals surface area contributed by atoms with Crippen molar-refractivity contribution in [2.45, 2.75) is 52.6 Å². The van der Waals surface area contributed by atoms with Crippen molar-refractivity contribution in [1.82, 2.24) is 16.0 Å². The first-order chi connectivity index (χ1) is 9.79. The van der Waals surface area contributed by atoms with E-state index in [9.17, 15) is 14.4 Å². The molecule has 0 aromatic rings. The minimum absolute atomic E-state index is 0.00872. The van der Waals surface area contributed by atoms with Gasteiger partial charge < -0.3 is 21.7 Å². The van der Waals surface area contributed by atoms with E-state index in [2.05, 4.69) is 16.0 Å². The fourth-order valence-electron chi connectivity index (χ4n) is 1.58. The van der Waals surface area contributed by atoms with E-state index in [1.54, 1.807) is 13.8 Å². The number of nitrogens with two attached hydrogens (primary N) is 1. The molecule has 122 valence electrons. The van der Waals surface area contributed by atoms with Gasteiger partial charge in [-0.2, -0.15) is 0 Å². The fraction of sp³-hybridized carbons (Fsp3) is 0.786. The van der Waals surface area contributed by atoms with Gasteiger partial charge >= 0.3 is 0 Å². The maximum absolute atomic E-state index is 12.0. The molecule has 3 amide bonds. The second kappa shape index (κ2) is 10.1. The fourth-order valence-corrected chi connectivity index (χ4v) is 1.58. The zero-order valence-corrected chi connectivity index (χ0v) is 13.4. The molecule has 21 heavy (non-hydrogen) atoms. The molecule has 7 nitrogen and oxygen atoms in total. The number of hydrogen-bond donors (Lipinski definition) is 4. The van der Waals surface area contributed by atoms with Crippen LogP contribution in [0.5, 0.6) is 0 Å². The average molecular weight is 300 g/mol. The van der Waals surface area contributed by atoms with Gasteiger partial charge in [-0.3, -0.25) is 14.4 Å². The summed E-state index contributed by atoms with van der Waals surface area (Å²) in [5.41, 5.74) is 5.48. The zero-order chi connectivity index (χ0) is 16.4. The summed E-state index contributed by atoms with van der Waals surface area (Å²) in [5.74, 6) is -0.627. The van der Waals surface area contributed by atoms with E-state index in [1.807, 2.05) is 13.8 Å². The zero-order valence-electron chi connectivity index (χ0n) is 13.4. The Labute approximate surface area is 126 Å². The normalized spacial score (nSPS) is 13.4. The largest absolute Gasteiger partial charge is 0.356 e. The Morgan fingerprint density at radius 1 is 1.00 bits per heavy atom. The quantitative estimate of drug-likeness (QED) is 0.430. The van der Waals surface area contributed by atoms with Crippen LogP contribution in [0.3, 0.4) is 0 Å². The molecule has 0 aromatic carbocycles. The molecule has 0 radical (unpaired) electrons. The molecule has 0 aromatic heterocycles. The highest BCUT2D eigenvalue weighted by Gasteiger charge is 2.24. The van der Waals surface area contributed by atoms with Gasteiger partial charge in [0.1, 0.15) is 6.04 Å². The summed E-state index contributed by atoms with van der Waals surface area (Å²) in [4.78, 5) is 34.7. The Hall–Kier alpha value is -1.63. The molecule has 2 atom stereocenters. The molecule has 0 fully saturated rings. The Morgan fingerprint density at radius 3 is 2.05 bits per heavy atom. The monoisotopic (exact) mass is 300 g/mol. The second-order valence-corrected chi connectivity index (χ2v) is 5.37. The molecule has 0 saturated heterocycles. The summed E-state index contributed by atoms with van der Waals surface area (Å²) >= 11 is 0. The van der Waals surface area contributed by atoms with Gasteiger partial charge in [0.15, 0.2) is 0 Å². The van der Waals surface area contributed by atoms with Crippen LogP contribution in [0.4, 0.5) is 0 Å². The van der Waals surface area contributed by atoms with E-state index in [0.29, 0.717) is 25.9 Å². The van der Waals surface area contributed by atoms with Crippen LogP contribution in [0.15, 0.2) is 0 Å². The van der Waals surface area contributed by atoms with Crippen molar-refractivity contribution in [3.63, 3.8) is 0 Å². The molecule has 0 heterocycles. The van der Waals surface area contributed by atoms with Crippen LogP contribution in [0, 0.1) is 5.92 Å². The molecular weight excluding hydrogens is 272 g/mol. The minimum Gasteiger partial charge on any atom is -0.356 e. The number of carbonyl (C=O) groups excluding carboxylic acids is 3. The third-order valence-electron chi connectivity index (χ3n) is 2.96. The Kier molecular flexibility index (Phi) is 9.36. The van der Waals surface area contributed by atoms with Crippen LogP contribution >= 0.6 is 0 Å². The summed E-state index contributed by atoms with van der Waals surface area (Å²) < 4.78 is 0. The minimum atomic E-state index is -0.650. The highest BCUT2D eigenvalue weighted by molar-refractivity contribution is 5.89. The summed E-state index contributed by atoms with van der Waals surface area (Å²) in [5, 5.41) is 8.12. The predicted molar refractivity (Wildman–Crippen MR) is 81.3 cm³/mol. The molecule has 7 heteroatoms. The van der Waals surface area contributed by atoms with Crippen molar-refractivity contribution < 1.29 is 14.4 Å². The third-order valence-corrected chi connectivity index (χ3v) is 2.96. The van der Waals surface area contributed by atoms with Crippen LogP contribution in [0.2, 0.25) is 0 Å². The highest BCUT2D eigenvalue weighted by Crippen LogP contribution is 2.02. The maximum atomic E-state index is 12.0. The van der Waals surface area contributed by atoms with Gasteiger partial charge in [-0.15, -0.1) is 0 Å². The van der Waals surface area contributed by atoms with Crippen LogP contribution in [0.25, 0.3) is 0 Å². The summed E-state index contributed by atoms with van der Waals surface area (Å²) in [6.07, 6.45) is 1.09. The van der Waals surface area contributed by atoms with E-state index in [4.69, 9.17) is 5.73 Å². The highest BCUT2D eigenvalue weighted by atomic mass is 16.2. The number of carbonyl (C=O) groups is 3. The van der Waals surface area contributed by atoms with Crippen molar-refractivity contribution in [1.29, 1.82) is 0 Å². The van der Waals surface area contributed by atoms with Gasteiger partial charge in [-0.25, -0.2) is 0 Å². The summed E-state index contributed by atoms with van der Waals surface area (Å²) in [6.45, 7) is 8.03. The molecule has 0 spiro atoms. The lowest BCUT2D eigenvalue weighted by Crippen LogP contribution is -2.53. The molecule has 5 N–H and O–H groups in total. The van der Waals surface area contributed by atoms with Crippen molar-refractivity contribution in [2.75, 3.05) is 13.1 Å². The smallest absolute Gasteiger partial charge is 0.242 e. The first-order valence-corrected chi connectivity index (χ1v) is 7.39. The average Bonchev–Trinajstić information content (AvgIpc) is 2.42. The van der Waals surface area contributed by atoms with E-state index >= 15 is 0 Å². The van der Waals surface area contributed by atoms with Crippen molar-refractivity contribution in [2.24, 2.45) is 11.7 Å². The summed E-state index contributed by atoms with van der Waals surface area (Å²) in [7, 11) is 0. The maximum Gasteiger partial charge on any atom is 0.242 e. The number of nitrogens with one attached hydrogen (secondary N) is 3. The molecule has 0 aliphatic heterocycles. The molecular formula is C14H28N4O3. The van der Waals surface area contributed by atoms with Gasteiger partial charge in [0.2, 0.25) is 17.7 Å². The molecule has 0 bridgehead atoms. The second-order valence-electron chi connectivity index (χ2n) is 5.37. The predicted octanol–water partition coefficient (Wildman–Crippen LogP) is -0.493. The van der Waals surface area contributed by atoms with Gasteiger partial charge in [0.05, 0.1) is 6.04 Å².